The number of para-hydroxylation sites is 1. The second kappa shape index (κ2) is 9.50. The van der Waals surface area contributed by atoms with Crippen LogP contribution in [0.1, 0.15) is 40.3 Å². The SMILES string of the molecule is CCOC(=O)c1ccc(NC(=O)c2cc(Nc3ccccc3CC)ccn2)cc1. The molecule has 0 aliphatic carbocycles. The molecular formula is C23H23N3O3. The molecule has 0 atom stereocenters. The fourth-order valence-corrected chi connectivity index (χ4v) is 2.84. The molecule has 0 bridgehead atoms. The number of rotatable bonds is 7. The van der Waals surface area contributed by atoms with Gasteiger partial charge >= 0.3 is 5.97 Å². The highest BCUT2D eigenvalue weighted by Gasteiger charge is 2.11. The van der Waals surface area contributed by atoms with Crippen molar-refractivity contribution in [2.75, 3.05) is 17.2 Å². The number of aryl methyl sites for hydroxylation is 1. The average Bonchev–Trinajstić information content (AvgIpc) is 2.75. The van der Waals surface area contributed by atoms with Crippen molar-refractivity contribution in [2.45, 2.75) is 20.3 Å². The Kier molecular flexibility index (Phi) is 6.58. The Hall–Kier alpha value is -3.67. The van der Waals surface area contributed by atoms with Crippen LogP contribution >= 0.6 is 0 Å². The van der Waals surface area contributed by atoms with Crippen molar-refractivity contribution < 1.29 is 14.3 Å². The standard InChI is InChI=1S/C23H23N3O3/c1-3-16-7-5-6-8-20(16)25-19-13-14-24-21(15-19)22(27)26-18-11-9-17(10-12-18)23(28)29-4-2/h5-15H,3-4H2,1-2H3,(H,24,25)(H,26,27). The van der Waals surface area contributed by atoms with E-state index in [9.17, 15) is 9.59 Å². The molecule has 0 spiro atoms. The maximum absolute atomic E-state index is 12.6. The predicted molar refractivity (Wildman–Crippen MR) is 114 cm³/mol. The second-order valence-electron chi connectivity index (χ2n) is 6.32. The lowest BCUT2D eigenvalue weighted by Crippen LogP contribution is -2.14. The number of carbonyl (C=O) groups is 2. The van der Waals surface area contributed by atoms with Crippen LogP contribution in [-0.2, 0) is 11.2 Å². The van der Waals surface area contributed by atoms with Crippen molar-refractivity contribution >= 4 is 28.9 Å². The molecule has 6 nitrogen and oxygen atoms in total. The number of ether oxygens (including phenoxy) is 1. The zero-order chi connectivity index (χ0) is 20.6. The van der Waals surface area contributed by atoms with Crippen LogP contribution < -0.4 is 10.6 Å². The van der Waals surface area contributed by atoms with Gasteiger partial charge in [-0.2, -0.15) is 0 Å². The summed E-state index contributed by atoms with van der Waals surface area (Å²) in [6.07, 6.45) is 2.50. The Morgan fingerprint density at radius 2 is 1.72 bits per heavy atom. The van der Waals surface area contributed by atoms with Crippen LogP contribution in [-0.4, -0.2) is 23.5 Å². The van der Waals surface area contributed by atoms with Crippen LogP contribution in [0.25, 0.3) is 0 Å². The zero-order valence-electron chi connectivity index (χ0n) is 16.4. The Morgan fingerprint density at radius 3 is 2.45 bits per heavy atom. The van der Waals surface area contributed by atoms with E-state index in [1.165, 1.54) is 5.56 Å². The number of benzene rings is 2. The zero-order valence-corrected chi connectivity index (χ0v) is 16.4. The summed E-state index contributed by atoms with van der Waals surface area (Å²) in [6, 6.07) is 18.1. The number of aromatic nitrogens is 1. The lowest BCUT2D eigenvalue weighted by atomic mass is 10.1. The van der Waals surface area contributed by atoms with E-state index in [-0.39, 0.29) is 5.91 Å². The molecule has 2 N–H and O–H groups in total. The molecule has 0 fully saturated rings. The average molecular weight is 389 g/mol. The molecule has 0 aliphatic rings. The van der Waals surface area contributed by atoms with Crippen molar-refractivity contribution in [2.24, 2.45) is 0 Å². The van der Waals surface area contributed by atoms with Gasteiger partial charge in [0.2, 0.25) is 0 Å². The van der Waals surface area contributed by atoms with Gasteiger partial charge in [0.1, 0.15) is 5.69 Å². The molecule has 0 saturated heterocycles. The maximum Gasteiger partial charge on any atom is 0.338 e. The van der Waals surface area contributed by atoms with Gasteiger partial charge in [0, 0.05) is 23.3 Å². The normalized spacial score (nSPS) is 10.3. The van der Waals surface area contributed by atoms with E-state index in [0.29, 0.717) is 23.6 Å². The minimum atomic E-state index is -0.391. The van der Waals surface area contributed by atoms with Crippen molar-refractivity contribution in [3.05, 3.63) is 83.7 Å². The van der Waals surface area contributed by atoms with Crippen molar-refractivity contribution in [3.63, 3.8) is 0 Å². The summed E-state index contributed by atoms with van der Waals surface area (Å²) in [4.78, 5) is 28.4. The minimum Gasteiger partial charge on any atom is -0.462 e. The third-order valence-electron chi connectivity index (χ3n) is 4.32. The quantitative estimate of drug-likeness (QED) is 0.567. The first kappa shape index (κ1) is 20.1. The second-order valence-corrected chi connectivity index (χ2v) is 6.32. The van der Waals surface area contributed by atoms with Gasteiger partial charge in [-0.25, -0.2) is 4.79 Å². The summed E-state index contributed by atoms with van der Waals surface area (Å²) in [6.45, 7) is 4.17. The first-order valence-electron chi connectivity index (χ1n) is 9.50. The van der Waals surface area contributed by atoms with E-state index < -0.39 is 5.97 Å². The summed E-state index contributed by atoms with van der Waals surface area (Å²) in [5.74, 6) is -0.723. The Morgan fingerprint density at radius 1 is 0.966 bits per heavy atom. The van der Waals surface area contributed by atoms with Gasteiger partial charge in [-0.3, -0.25) is 9.78 Å². The van der Waals surface area contributed by atoms with Crippen LogP contribution in [0.15, 0.2) is 66.9 Å². The summed E-state index contributed by atoms with van der Waals surface area (Å²) in [5.41, 5.74) is 4.27. The van der Waals surface area contributed by atoms with E-state index in [1.54, 1.807) is 43.5 Å². The number of anilines is 3. The molecule has 0 saturated carbocycles. The van der Waals surface area contributed by atoms with Crippen LogP contribution in [0.4, 0.5) is 17.1 Å². The van der Waals surface area contributed by atoms with Crippen LogP contribution in [0.2, 0.25) is 0 Å². The van der Waals surface area contributed by atoms with Crippen LogP contribution in [0.3, 0.4) is 0 Å². The highest BCUT2D eigenvalue weighted by atomic mass is 16.5. The minimum absolute atomic E-state index is 0.290. The molecule has 6 heteroatoms. The van der Waals surface area contributed by atoms with E-state index in [1.807, 2.05) is 24.3 Å². The molecule has 1 aromatic heterocycles. The van der Waals surface area contributed by atoms with E-state index in [0.717, 1.165) is 17.8 Å². The van der Waals surface area contributed by atoms with Crippen LogP contribution in [0, 0.1) is 0 Å². The maximum atomic E-state index is 12.6. The summed E-state index contributed by atoms with van der Waals surface area (Å²) in [7, 11) is 0. The molecule has 0 radical (unpaired) electrons. The number of amides is 1. The van der Waals surface area contributed by atoms with Gasteiger partial charge in [-0.1, -0.05) is 25.1 Å². The lowest BCUT2D eigenvalue weighted by molar-refractivity contribution is 0.0526. The molecule has 0 aliphatic heterocycles. The Bertz CT molecular complexity index is 1000. The molecule has 29 heavy (non-hydrogen) atoms. The number of carbonyl (C=O) groups excluding carboxylic acids is 2. The molecule has 1 heterocycles. The number of esters is 1. The largest absolute Gasteiger partial charge is 0.462 e. The first-order chi connectivity index (χ1) is 14.1. The van der Waals surface area contributed by atoms with Gasteiger partial charge in [0.05, 0.1) is 12.2 Å². The monoisotopic (exact) mass is 389 g/mol. The van der Waals surface area contributed by atoms with Gasteiger partial charge in [-0.15, -0.1) is 0 Å². The molecule has 0 unspecified atom stereocenters. The third-order valence-corrected chi connectivity index (χ3v) is 4.32. The molecule has 1 amide bonds. The summed E-state index contributed by atoms with van der Waals surface area (Å²) >= 11 is 0. The Balaban J connectivity index is 1.70. The van der Waals surface area contributed by atoms with Gasteiger partial charge in [-0.05, 0) is 61.4 Å². The fraction of sp³-hybridized carbons (Fsp3) is 0.174. The van der Waals surface area contributed by atoms with E-state index >= 15 is 0 Å². The number of nitrogens with one attached hydrogen (secondary N) is 2. The number of hydrogen-bond acceptors (Lipinski definition) is 5. The summed E-state index contributed by atoms with van der Waals surface area (Å²) in [5, 5.41) is 6.13. The van der Waals surface area contributed by atoms with Crippen molar-refractivity contribution in [1.29, 1.82) is 0 Å². The number of hydrogen-bond donors (Lipinski definition) is 2. The molecule has 3 rings (SSSR count). The molecule has 2 aromatic carbocycles. The van der Waals surface area contributed by atoms with Crippen molar-refractivity contribution in [3.8, 4) is 0 Å². The van der Waals surface area contributed by atoms with Gasteiger partial charge < -0.3 is 15.4 Å². The topological polar surface area (TPSA) is 80.3 Å². The lowest BCUT2D eigenvalue weighted by Gasteiger charge is -2.12. The van der Waals surface area contributed by atoms with Gasteiger partial charge in [0.15, 0.2) is 0 Å². The highest BCUT2D eigenvalue weighted by molar-refractivity contribution is 6.03. The molecule has 3 aromatic rings. The van der Waals surface area contributed by atoms with Crippen molar-refractivity contribution in [1.82, 2.24) is 4.98 Å². The van der Waals surface area contributed by atoms with E-state index in [4.69, 9.17) is 4.74 Å². The third kappa shape index (κ3) is 5.19. The fourth-order valence-electron chi connectivity index (χ4n) is 2.84. The first-order valence-corrected chi connectivity index (χ1v) is 9.50. The molecule has 148 valence electrons. The predicted octanol–water partition coefficient (Wildman–Crippen LogP) is 4.82. The number of nitrogens with zero attached hydrogens (tertiary/aromatic N) is 1. The summed E-state index contributed by atoms with van der Waals surface area (Å²) < 4.78 is 4.95. The Labute approximate surface area is 169 Å². The number of pyridine rings is 1. The van der Waals surface area contributed by atoms with Gasteiger partial charge in [0.25, 0.3) is 5.91 Å². The molecular weight excluding hydrogens is 366 g/mol. The van der Waals surface area contributed by atoms with E-state index in [2.05, 4.69) is 28.6 Å². The highest BCUT2D eigenvalue weighted by Crippen LogP contribution is 2.22. The van der Waals surface area contributed by atoms with Crippen LogP contribution in [0.5, 0.6) is 0 Å². The smallest absolute Gasteiger partial charge is 0.338 e.